The maximum Gasteiger partial charge on any atom is 0.305 e. The van der Waals surface area contributed by atoms with Crippen LogP contribution in [0.1, 0.15) is 18.0 Å². The highest BCUT2D eigenvalue weighted by Gasteiger charge is 2.09. The van der Waals surface area contributed by atoms with E-state index in [0.717, 1.165) is 10.0 Å². The molecule has 0 spiro atoms. The van der Waals surface area contributed by atoms with Crippen LogP contribution in [0.4, 0.5) is 0 Å². The van der Waals surface area contributed by atoms with Gasteiger partial charge in [-0.25, -0.2) is 0 Å². The first kappa shape index (κ1) is 10.2. The van der Waals surface area contributed by atoms with E-state index in [1.54, 1.807) is 0 Å². The zero-order chi connectivity index (χ0) is 9.84. The minimum absolute atomic E-state index is 0.0452. The second-order valence-corrected chi connectivity index (χ2v) is 3.68. The first-order valence-electron chi connectivity index (χ1n) is 3.82. The van der Waals surface area contributed by atoms with Crippen LogP contribution in [0.3, 0.4) is 0 Å². The van der Waals surface area contributed by atoms with Crippen molar-refractivity contribution in [1.82, 2.24) is 0 Å². The largest absolute Gasteiger partial charge is 0.481 e. The molecule has 0 unspecified atom stereocenters. The zero-order valence-electron chi connectivity index (χ0n) is 6.90. The van der Waals surface area contributed by atoms with Gasteiger partial charge in [0, 0.05) is 10.5 Å². The number of hydrogen-bond donors (Lipinski definition) is 2. The highest BCUT2D eigenvalue weighted by Crippen LogP contribution is 2.18. The fraction of sp³-hybridized carbons (Fsp3) is 0.222. The van der Waals surface area contributed by atoms with Crippen molar-refractivity contribution >= 4 is 21.9 Å². The van der Waals surface area contributed by atoms with E-state index < -0.39 is 12.0 Å². The molecule has 0 aliphatic heterocycles. The molecule has 1 rings (SSSR count). The topological polar surface area (TPSA) is 63.3 Å². The fourth-order valence-electron chi connectivity index (χ4n) is 1.04. The Morgan fingerprint density at radius 3 is 2.85 bits per heavy atom. The predicted octanol–water partition coefficient (Wildman–Crippen LogP) is 1.92. The highest BCUT2D eigenvalue weighted by atomic mass is 79.9. The molecule has 0 saturated heterocycles. The summed E-state index contributed by atoms with van der Waals surface area (Å²) in [6.45, 7) is 0. The van der Waals surface area contributed by atoms with Crippen molar-refractivity contribution in [3.8, 4) is 0 Å². The van der Waals surface area contributed by atoms with Gasteiger partial charge in [-0.2, -0.15) is 0 Å². The highest BCUT2D eigenvalue weighted by molar-refractivity contribution is 9.10. The molecular formula is C9H10BrNO2. The molecule has 3 N–H and O–H groups in total. The molecule has 0 aliphatic carbocycles. The molecule has 0 aliphatic rings. The van der Waals surface area contributed by atoms with E-state index in [-0.39, 0.29) is 6.42 Å². The lowest BCUT2D eigenvalue weighted by molar-refractivity contribution is -0.137. The molecule has 0 heterocycles. The number of carboxylic acid groups (broad SMARTS) is 1. The Morgan fingerprint density at radius 1 is 1.62 bits per heavy atom. The molecule has 4 heteroatoms. The predicted molar refractivity (Wildman–Crippen MR) is 53.3 cm³/mol. The molecule has 13 heavy (non-hydrogen) atoms. The third kappa shape index (κ3) is 3.16. The third-order valence-electron chi connectivity index (χ3n) is 1.67. The van der Waals surface area contributed by atoms with Crippen molar-refractivity contribution < 1.29 is 9.90 Å². The maximum absolute atomic E-state index is 10.4. The van der Waals surface area contributed by atoms with Gasteiger partial charge in [-0.05, 0) is 17.7 Å². The summed E-state index contributed by atoms with van der Waals surface area (Å²) in [5, 5.41) is 8.52. The van der Waals surface area contributed by atoms with Crippen molar-refractivity contribution in [2.45, 2.75) is 12.5 Å². The van der Waals surface area contributed by atoms with Crippen LogP contribution in [0.2, 0.25) is 0 Å². The lowest BCUT2D eigenvalue weighted by Gasteiger charge is -2.08. The molecule has 0 bridgehead atoms. The Kier molecular flexibility index (Phi) is 3.45. The molecule has 0 fully saturated rings. The molecule has 1 aromatic carbocycles. The summed E-state index contributed by atoms with van der Waals surface area (Å²) in [5.41, 5.74) is 6.49. The van der Waals surface area contributed by atoms with Gasteiger partial charge in [-0.15, -0.1) is 0 Å². The molecule has 1 atom stereocenters. The third-order valence-corrected chi connectivity index (χ3v) is 2.16. The van der Waals surface area contributed by atoms with Crippen LogP contribution >= 0.6 is 15.9 Å². The van der Waals surface area contributed by atoms with E-state index in [1.165, 1.54) is 0 Å². The van der Waals surface area contributed by atoms with Crippen molar-refractivity contribution in [2.75, 3.05) is 0 Å². The van der Waals surface area contributed by atoms with E-state index in [9.17, 15) is 4.79 Å². The smallest absolute Gasteiger partial charge is 0.305 e. The minimum atomic E-state index is -0.882. The van der Waals surface area contributed by atoms with Crippen molar-refractivity contribution in [3.63, 3.8) is 0 Å². The number of rotatable bonds is 3. The Morgan fingerprint density at radius 2 is 2.31 bits per heavy atom. The van der Waals surface area contributed by atoms with E-state index >= 15 is 0 Å². The van der Waals surface area contributed by atoms with Gasteiger partial charge in [0.2, 0.25) is 0 Å². The van der Waals surface area contributed by atoms with Gasteiger partial charge in [0.15, 0.2) is 0 Å². The average molecular weight is 244 g/mol. The normalized spacial score (nSPS) is 12.5. The van der Waals surface area contributed by atoms with Crippen molar-refractivity contribution in [1.29, 1.82) is 0 Å². The Labute approximate surface area is 84.7 Å². The second-order valence-electron chi connectivity index (χ2n) is 2.76. The molecule has 3 nitrogen and oxygen atoms in total. The first-order chi connectivity index (χ1) is 6.09. The van der Waals surface area contributed by atoms with E-state index in [4.69, 9.17) is 10.8 Å². The van der Waals surface area contributed by atoms with Crippen LogP contribution in [0.15, 0.2) is 28.7 Å². The second kappa shape index (κ2) is 4.39. The van der Waals surface area contributed by atoms with Gasteiger partial charge in [0.25, 0.3) is 0 Å². The number of carbonyl (C=O) groups is 1. The number of carboxylic acids is 1. The molecule has 0 saturated carbocycles. The van der Waals surface area contributed by atoms with Gasteiger partial charge in [0.1, 0.15) is 0 Å². The minimum Gasteiger partial charge on any atom is -0.481 e. The lowest BCUT2D eigenvalue weighted by Crippen LogP contribution is -2.14. The maximum atomic E-state index is 10.4. The summed E-state index contributed by atoms with van der Waals surface area (Å²) >= 11 is 3.29. The van der Waals surface area contributed by atoms with Gasteiger partial charge in [-0.3, -0.25) is 4.79 Å². The van der Waals surface area contributed by atoms with Gasteiger partial charge < -0.3 is 10.8 Å². The lowest BCUT2D eigenvalue weighted by atomic mass is 10.1. The van der Waals surface area contributed by atoms with Crippen LogP contribution in [0, 0.1) is 0 Å². The van der Waals surface area contributed by atoms with Crippen LogP contribution in [0.25, 0.3) is 0 Å². The molecular weight excluding hydrogens is 234 g/mol. The van der Waals surface area contributed by atoms with Crippen molar-refractivity contribution in [3.05, 3.63) is 34.3 Å². The van der Waals surface area contributed by atoms with Crippen LogP contribution in [-0.4, -0.2) is 11.1 Å². The van der Waals surface area contributed by atoms with Crippen LogP contribution in [0.5, 0.6) is 0 Å². The molecule has 1 aromatic rings. The number of hydrogen-bond acceptors (Lipinski definition) is 2. The summed E-state index contributed by atoms with van der Waals surface area (Å²) in [4.78, 5) is 10.4. The first-order valence-corrected chi connectivity index (χ1v) is 4.61. The molecule has 0 amide bonds. The number of aliphatic carboxylic acids is 1. The van der Waals surface area contributed by atoms with Crippen LogP contribution < -0.4 is 5.73 Å². The molecule has 0 radical (unpaired) electrons. The summed E-state index contributed by atoms with van der Waals surface area (Å²) in [6.07, 6.45) is -0.0452. The molecule has 70 valence electrons. The van der Waals surface area contributed by atoms with Crippen LogP contribution in [-0.2, 0) is 4.79 Å². The quantitative estimate of drug-likeness (QED) is 0.853. The summed E-state index contributed by atoms with van der Waals surface area (Å²) in [5.74, 6) is -0.882. The Balaban J connectivity index is 2.76. The zero-order valence-corrected chi connectivity index (χ0v) is 8.49. The van der Waals surface area contributed by atoms with Crippen molar-refractivity contribution in [2.24, 2.45) is 5.73 Å². The Hall–Kier alpha value is -0.870. The SMILES string of the molecule is N[C@H](CC(=O)O)c1cccc(Br)c1. The van der Waals surface area contributed by atoms with Gasteiger partial charge >= 0.3 is 5.97 Å². The summed E-state index contributed by atoms with van der Waals surface area (Å²) in [6, 6.07) is 6.92. The van der Waals surface area contributed by atoms with Gasteiger partial charge in [-0.1, -0.05) is 28.1 Å². The van der Waals surface area contributed by atoms with E-state index in [1.807, 2.05) is 24.3 Å². The number of benzene rings is 1. The summed E-state index contributed by atoms with van der Waals surface area (Å²) in [7, 11) is 0. The van der Waals surface area contributed by atoms with Gasteiger partial charge in [0.05, 0.1) is 6.42 Å². The number of halogens is 1. The monoisotopic (exact) mass is 243 g/mol. The fourth-order valence-corrected chi connectivity index (χ4v) is 1.46. The van der Waals surface area contributed by atoms with E-state index in [2.05, 4.69) is 15.9 Å². The molecule has 0 aromatic heterocycles. The average Bonchev–Trinajstić information content (AvgIpc) is 2.03. The summed E-state index contributed by atoms with van der Waals surface area (Å²) < 4.78 is 0.908. The van der Waals surface area contributed by atoms with E-state index in [0.29, 0.717) is 0 Å². The number of nitrogens with two attached hydrogens (primary N) is 1. The standard InChI is InChI=1S/C9H10BrNO2/c10-7-3-1-2-6(4-7)8(11)5-9(12)13/h1-4,8H,5,11H2,(H,12,13)/t8-/m1/s1. The Bertz CT molecular complexity index is 314.